The molecule has 0 saturated heterocycles. The number of hydrazine groups is 1. The summed E-state index contributed by atoms with van der Waals surface area (Å²) in [5.74, 6) is -0.111. The Morgan fingerprint density at radius 1 is 0.971 bits per heavy atom. The number of aromatic nitrogens is 2. The fourth-order valence-corrected chi connectivity index (χ4v) is 3.14. The molecule has 0 fully saturated rings. The normalized spacial score (nSPS) is 10.2. The molecular weight excluding hydrogens is 462 g/mol. The number of nitrogens with zero attached hydrogens (tertiary/aromatic N) is 4. The Bertz CT molecular complexity index is 1250. The lowest BCUT2D eigenvalue weighted by Gasteiger charge is -2.12. The molecule has 0 atom stereocenters. The minimum atomic E-state index is -0.867. The van der Waals surface area contributed by atoms with Gasteiger partial charge in [0.25, 0.3) is 11.6 Å². The lowest BCUT2D eigenvalue weighted by Crippen LogP contribution is -2.31. The van der Waals surface area contributed by atoms with Crippen molar-refractivity contribution in [1.29, 1.82) is 0 Å². The molecule has 0 aliphatic heterocycles. The standard InChI is InChI=1S/C21H21N7O7/c1-34-16-8-7-13(11-17(16)35-2)9-10-22-19-18(28(32)33)20(24-12-23-19)25-26-21(29)14-5-3-4-6-15(14)27(30)31/h3-8,11-12H,9-10H2,1-2H3,(H,26,29)(H2,22,23,24,25). The van der Waals surface area contributed by atoms with E-state index in [1.54, 1.807) is 12.1 Å². The van der Waals surface area contributed by atoms with Gasteiger partial charge >= 0.3 is 5.69 Å². The number of ether oxygens (including phenoxy) is 2. The number of benzene rings is 2. The van der Waals surface area contributed by atoms with E-state index >= 15 is 0 Å². The minimum absolute atomic E-state index is 0.0760. The molecule has 35 heavy (non-hydrogen) atoms. The molecule has 0 unspecified atom stereocenters. The molecule has 0 radical (unpaired) electrons. The van der Waals surface area contributed by atoms with Crippen LogP contribution in [0.5, 0.6) is 11.5 Å². The van der Waals surface area contributed by atoms with E-state index in [-0.39, 0.29) is 23.7 Å². The molecule has 3 aromatic rings. The average Bonchev–Trinajstić information content (AvgIpc) is 2.86. The van der Waals surface area contributed by atoms with Crippen LogP contribution in [0.15, 0.2) is 48.8 Å². The van der Waals surface area contributed by atoms with E-state index in [2.05, 4.69) is 26.1 Å². The average molecular weight is 483 g/mol. The van der Waals surface area contributed by atoms with Crippen molar-refractivity contribution in [2.24, 2.45) is 0 Å². The van der Waals surface area contributed by atoms with Gasteiger partial charge in [-0.2, -0.15) is 0 Å². The summed E-state index contributed by atoms with van der Waals surface area (Å²) in [7, 11) is 3.05. The first-order valence-corrected chi connectivity index (χ1v) is 10.1. The molecule has 3 N–H and O–H groups in total. The minimum Gasteiger partial charge on any atom is -0.493 e. The van der Waals surface area contributed by atoms with Crippen molar-refractivity contribution in [2.75, 3.05) is 31.5 Å². The van der Waals surface area contributed by atoms with Crippen LogP contribution in [0.25, 0.3) is 0 Å². The van der Waals surface area contributed by atoms with Gasteiger partial charge in [0.2, 0.25) is 11.6 Å². The van der Waals surface area contributed by atoms with Crippen molar-refractivity contribution >= 4 is 28.9 Å². The Balaban J connectivity index is 1.72. The number of carbonyl (C=O) groups excluding carboxylic acids is 1. The third-order valence-corrected chi connectivity index (χ3v) is 4.80. The van der Waals surface area contributed by atoms with Gasteiger partial charge in [-0.15, -0.1) is 0 Å². The zero-order valence-electron chi connectivity index (χ0n) is 18.7. The van der Waals surface area contributed by atoms with Gasteiger partial charge in [0, 0.05) is 12.6 Å². The van der Waals surface area contributed by atoms with Gasteiger partial charge in [-0.3, -0.25) is 35.9 Å². The fourth-order valence-electron chi connectivity index (χ4n) is 3.14. The van der Waals surface area contributed by atoms with E-state index in [1.165, 1.54) is 38.5 Å². The quantitative estimate of drug-likeness (QED) is 0.269. The lowest BCUT2D eigenvalue weighted by atomic mass is 10.1. The van der Waals surface area contributed by atoms with Crippen LogP contribution in [0.4, 0.5) is 23.0 Å². The number of hydrogen-bond donors (Lipinski definition) is 3. The highest BCUT2D eigenvalue weighted by Crippen LogP contribution is 2.30. The third-order valence-electron chi connectivity index (χ3n) is 4.80. The van der Waals surface area contributed by atoms with Gasteiger partial charge in [-0.1, -0.05) is 18.2 Å². The molecule has 182 valence electrons. The zero-order chi connectivity index (χ0) is 25.4. The number of para-hydroxylation sites is 1. The maximum absolute atomic E-state index is 12.4. The summed E-state index contributed by atoms with van der Waals surface area (Å²) in [6.07, 6.45) is 1.56. The van der Waals surface area contributed by atoms with Crippen LogP contribution < -0.4 is 25.6 Å². The summed E-state index contributed by atoms with van der Waals surface area (Å²) >= 11 is 0. The monoisotopic (exact) mass is 483 g/mol. The van der Waals surface area contributed by atoms with Crippen LogP contribution in [0, 0.1) is 20.2 Å². The summed E-state index contributed by atoms with van der Waals surface area (Å²) in [4.78, 5) is 41.6. The van der Waals surface area contributed by atoms with E-state index in [0.717, 1.165) is 11.9 Å². The van der Waals surface area contributed by atoms with E-state index < -0.39 is 27.1 Å². The van der Waals surface area contributed by atoms with Crippen molar-refractivity contribution in [3.05, 3.63) is 80.1 Å². The molecule has 3 rings (SSSR count). The Kier molecular flexibility index (Phi) is 7.90. The van der Waals surface area contributed by atoms with Crippen molar-refractivity contribution in [3.8, 4) is 11.5 Å². The predicted octanol–water partition coefficient (Wildman–Crippen LogP) is 2.72. The smallest absolute Gasteiger partial charge is 0.354 e. The van der Waals surface area contributed by atoms with Crippen molar-refractivity contribution in [1.82, 2.24) is 15.4 Å². The van der Waals surface area contributed by atoms with E-state index in [0.29, 0.717) is 17.9 Å². The number of methoxy groups -OCH3 is 2. The highest BCUT2D eigenvalue weighted by atomic mass is 16.6. The number of hydrogen-bond acceptors (Lipinski definition) is 11. The van der Waals surface area contributed by atoms with Crippen LogP contribution in [0.3, 0.4) is 0 Å². The highest BCUT2D eigenvalue weighted by Gasteiger charge is 2.25. The number of nitro benzene ring substituents is 1. The summed E-state index contributed by atoms with van der Waals surface area (Å²) in [5.41, 5.74) is 4.28. The summed E-state index contributed by atoms with van der Waals surface area (Å²) in [6.45, 7) is 0.287. The van der Waals surface area contributed by atoms with E-state index in [4.69, 9.17) is 9.47 Å². The molecule has 1 aromatic heterocycles. The number of anilines is 2. The molecule has 0 bridgehead atoms. The number of carbonyl (C=O) groups is 1. The second-order valence-corrected chi connectivity index (χ2v) is 6.90. The van der Waals surface area contributed by atoms with Gasteiger partial charge in [-0.25, -0.2) is 9.97 Å². The first-order chi connectivity index (χ1) is 16.8. The number of rotatable bonds is 11. The highest BCUT2D eigenvalue weighted by molar-refractivity contribution is 5.98. The molecule has 14 nitrogen and oxygen atoms in total. The molecule has 1 heterocycles. The first-order valence-electron chi connectivity index (χ1n) is 10.1. The zero-order valence-corrected chi connectivity index (χ0v) is 18.7. The van der Waals surface area contributed by atoms with Crippen LogP contribution in [-0.4, -0.2) is 46.5 Å². The van der Waals surface area contributed by atoms with Gasteiger partial charge in [0.15, 0.2) is 11.5 Å². The lowest BCUT2D eigenvalue weighted by molar-refractivity contribution is -0.385. The molecule has 0 saturated carbocycles. The predicted molar refractivity (Wildman–Crippen MR) is 125 cm³/mol. The molecule has 0 spiro atoms. The maximum Gasteiger partial charge on any atom is 0.354 e. The molecule has 2 aromatic carbocycles. The van der Waals surface area contributed by atoms with Crippen molar-refractivity contribution in [2.45, 2.75) is 6.42 Å². The second-order valence-electron chi connectivity index (χ2n) is 6.90. The third kappa shape index (κ3) is 5.87. The SMILES string of the molecule is COc1ccc(CCNc2ncnc(NNC(=O)c3ccccc3[N+](=O)[O-])c2[N+](=O)[O-])cc1OC. The fraction of sp³-hybridized carbons (Fsp3) is 0.190. The van der Waals surface area contributed by atoms with E-state index in [1.807, 2.05) is 6.07 Å². The number of nitrogens with one attached hydrogen (secondary N) is 3. The summed E-state index contributed by atoms with van der Waals surface area (Å²) in [6, 6.07) is 10.7. The van der Waals surface area contributed by atoms with Gasteiger partial charge < -0.3 is 14.8 Å². The van der Waals surface area contributed by atoms with E-state index in [9.17, 15) is 25.0 Å². The Hall–Kier alpha value is -5.01. The van der Waals surface area contributed by atoms with Gasteiger partial charge in [-0.05, 0) is 30.2 Å². The molecule has 0 aliphatic carbocycles. The Morgan fingerprint density at radius 2 is 1.69 bits per heavy atom. The molecular formula is C21H21N7O7. The van der Waals surface area contributed by atoms with Crippen molar-refractivity contribution < 1.29 is 24.1 Å². The van der Waals surface area contributed by atoms with Crippen LogP contribution in [-0.2, 0) is 6.42 Å². The molecule has 1 amide bonds. The van der Waals surface area contributed by atoms with Gasteiger partial charge in [0.1, 0.15) is 11.9 Å². The van der Waals surface area contributed by atoms with Gasteiger partial charge in [0.05, 0.1) is 24.1 Å². The van der Waals surface area contributed by atoms with Crippen molar-refractivity contribution in [3.63, 3.8) is 0 Å². The Morgan fingerprint density at radius 3 is 2.37 bits per heavy atom. The second kappa shape index (κ2) is 11.2. The summed E-state index contributed by atoms with van der Waals surface area (Å²) < 4.78 is 10.5. The summed E-state index contributed by atoms with van der Waals surface area (Å²) in [5, 5.41) is 25.7. The largest absolute Gasteiger partial charge is 0.493 e. The van der Waals surface area contributed by atoms with Crippen LogP contribution in [0.1, 0.15) is 15.9 Å². The Labute approximate surface area is 198 Å². The topological polar surface area (TPSA) is 184 Å². The maximum atomic E-state index is 12.4. The van der Waals surface area contributed by atoms with Crippen LogP contribution >= 0.6 is 0 Å². The number of amides is 1. The first kappa shape index (κ1) is 24.6. The number of nitro groups is 2. The van der Waals surface area contributed by atoms with Crippen LogP contribution in [0.2, 0.25) is 0 Å². The molecule has 14 heteroatoms. The molecule has 0 aliphatic rings.